The number of carbonyl (C=O) groups excluding carboxylic acids is 1. The molecule has 1 amide bonds. The summed E-state index contributed by atoms with van der Waals surface area (Å²) in [6, 6.07) is 7.48. The molecule has 3 nitrogen and oxygen atoms in total. The van der Waals surface area contributed by atoms with Crippen molar-refractivity contribution in [3.8, 4) is 0 Å². The first-order valence-corrected chi connectivity index (χ1v) is 8.02. The number of anilines is 1. The fraction of sp³-hybridized carbons (Fsp3) is 0.154. The zero-order valence-corrected chi connectivity index (χ0v) is 14.8. The van der Waals surface area contributed by atoms with Gasteiger partial charge in [0.2, 0.25) is 0 Å². The molecule has 0 bridgehead atoms. The van der Waals surface area contributed by atoms with Gasteiger partial charge in [0.05, 0.1) is 5.69 Å². The van der Waals surface area contributed by atoms with Gasteiger partial charge >= 0.3 is 0 Å². The Morgan fingerprint density at radius 1 is 1.26 bits per heavy atom. The third-order valence-corrected chi connectivity index (χ3v) is 4.39. The van der Waals surface area contributed by atoms with Crippen molar-refractivity contribution >= 4 is 59.4 Å². The van der Waals surface area contributed by atoms with Gasteiger partial charge in [-0.1, -0.05) is 6.07 Å². The van der Waals surface area contributed by atoms with Crippen LogP contribution in [0.4, 0.5) is 5.69 Å². The first-order valence-electron chi connectivity index (χ1n) is 5.64. The Morgan fingerprint density at radius 3 is 2.47 bits per heavy atom. The van der Waals surface area contributed by atoms with E-state index in [4.69, 9.17) is 0 Å². The number of amides is 1. The molecule has 1 aromatic carbocycles. The highest BCUT2D eigenvalue weighted by atomic mass is 79.9. The second-order valence-electron chi connectivity index (χ2n) is 3.88. The van der Waals surface area contributed by atoms with E-state index in [0.717, 1.165) is 25.7 Å². The van der Waals surface area contributed by atoms with E-state index in [1.165, 1.54) is 0 Å². The van der Waals surface area contributed by atoms with Gasteiger partial charge in [-0.3, -0.25) is 4.79 Å². The van der Waals surface area contributed by atoms with Crippen molar-refractivity contribution in [2.75, 3.05) is 5.32 Å². The van der Waals surface area contributed by atoms with Gasteiger partial charge in [0.1, 0.15) is 5.69 Å². The first kappa shape index (κ1) is 14.8. The Balaban J connectivity index is 2.31. The number of para-hydroxylation sites is 1. The van der Waals surface area contributed by atoms with Crippen molar-refractivity contribution in [3.63, 3.8) is 0 Å². The maximum Gasteiger partial charge on any atom is 0.272 e. The van der Waals surface area contributed by atoms with Gasteiger partial charge in [0.25, 0.3) is 5.91 Å². The zero-order chi connectivity index (χ0) is 14.0. The standard InChI is InChI=1S/C13H11Br3N2O/c1-2-18-7-8(14)6-11(18)13(19)17-12-9(15)4-3-5-10(12)16/h3-7H,2H2,1H3,(H,17,19). The average molecular weight is 451 g/mol. The number of nitrogens with zero attached hydrogens (tertiary/aromatic N) is 1. The lowest BCUT2D eigenvalue weighted by Crippen LogP contribution is -2.16. The van der Waals surface area contributed by atoms with Gasteiger partial charge in [-0.15, -0.1) is 0 Å². The van der Waals surface area contributed by atoms with Crippen molar-refractivity contribution in [1.82, 2.24) is 4.57 Å². The molecule has 2 aromatic rings. The molecule has 0 aliphatic heterocycles. The van der Waals surface area contributed by atoms with Crippen molar-refractivity contribution in [1.29, 1.82) is 0 Å². The lowest BCUT2D eigenvalue weighted by Gasteiger charge is -2.10. The summed E-state index contributed by atoms with van der Waals surface area (Å²) in [4.78, 5) is 12.3. The highest BCUT2D eigenvalue weighted by molar-refractivity contribution is 9.11. The number of benzene rings is 1. The van der Waals surface area contributed by atoms with Crippen LogP contribution in [0.1, 0.15) is 17.4 Å². The van der Waals surface area contributed by atoms with Crippen molar-refractivity contribution in [3.05, 3.63) is 49.6 Å². The number of aryl methyl sites for hydroxylation is 1. The Labute approximate surface area is 136 Å². The smallest absolute Gasteiger partial charge is 0.272 e. The summed E-state index contributed by atoms with van der Waals surface area (Å²) in [5.41, 5.74) is 1.35. The van der Waals surface area contributed by atoms with Crippen molar-refractivity contribution in [2.45, 2.75) is 13.5 Å². The molecule has 2 rings (SSSR count). The molecule has 6 heteroatoms. The Morgan fingerprint density at radius 2 is 1.89 bits per heavy atom. The third-order valence-electron chi connectivity index (χ3n) is 2.64. The SMILES string of the molecule is CCn1cc(Br)cc1C(=O)Nc1c(Br)cccc1Br. The number of halogens is 3. The van der Waals surface area contributed by atoms with E-state index >= 15 is 0 Å². The van der Waals surface area contributed by atoms with Crippen molar-refractivity contribution < 1.29 is 4.79 Å². The van der Waals surface area contributed by atoms with Gasteiger partial charge in [-0.2, -0.15) is 0 Å². The summed E-state index contributed by atoms with van der Waals surface area (Å²) < 4.78 is 4.46. The Kier molecular flexibility index (Phi) is 4.86. The van der Waals surface area contributed by atoms with Gasteiger partial charge in [-0.25, -0.2) is 0 Å². The van der Waals surface area contributed by atoms with Crippen LogP contribution >= 0.6 is 47.8 Å². The summed E-state index contributed by atoms with van der Waals surface area (Å²) in [5, 5.41) is 2.91. The van der Waals surface area contributed by atoms with Crippen LogP contribution in [0.25, 0.3) is 0 Å². The summed E-state index contributed by atoms with van der Waals surface area (Å²) in [5.74, 6) is -0.139. The second-order valence-corrected chi connectivity index (χ2v) is 6.50. The minimum atomic E-state index is -0.139. The predicted molar refractivity (Wildman–Crippen MR) is 87.6 cm³/mol. The third kappa shape index (κ3) is 3.30. The zero-order valence-electron chi connectivity index (χ0n) is 10.1. The van der Waals surface area contributed by atoms with Gasteiger partial charge in [0, 0.05) is 26.2 Å². The van der Waals surface area contributed by atoms with Crippen LogP contribution in [-0.2, 0) is 6.54 Å². The maximum absolute atomic E-state index is 12.3. The van der Waals surface area contributed by atoms with Crippen LogP contribution in [0.5, 0.6) is 0 Å². The number of nitrogens with one attached hydrogen (secondary N) is 1. The lowest BCUT2D eigenvalue weighted by atomic mass is 10.3. The topological polar surface area (TPSA) is 34.0 Å². The molecule has 0 saturated heterocycles. The van der Waals surface area contributed by atoms with Crippen LogP contribution in [0.3, 0.4) is 0 Å². The fourth-order valence-electron chi connectivity index (χ4n) is 1.72. The minimum absolute atomic E-state index is 0.139. The molecule has 0 saturated carbocycles. The Hall–Kier alpha value is -0.590. The van der Waals surface area contributed by atoms with E-state index in [2.05, 4.69) is 53.1 Å². The largest absolute Gasteiger partial charge is 0.343 e. The van der Waals surface area contributed by atoms with Crippen LogP contribution in [-0.4, -0.2) is 10.5 Å². The van der Waals surface area contributed by atoms with E-state index in [1.807, 2.05) is 42.0 Å². The average Bonchev–Trinajstić information content (AvgIpc) is 2.75. The van der Waals surface area contributed by atoms with Gasteiger partial charge < -0.3 is 9.88 Å². The molecule has 0 aliphatic rings. The maximum atomic E-state index is 12.3. The number of rotatable bonds is 3. The van der Waals surface area contributed by atoms with Crippen LogP contribution in [0.15, 0.2) is 43.9 Å². The van der Waals surface area contributed by atoms with E-state index in [-0.39, 0.29) is 5.91 Å². The number of carbonyl (C=O) groups is 1. The highest BCUT2D eigenvalue weighted by Gasteiger charge is 2.15. The number of hydrogen-bond donors (Lipinski definition) is 1. The first-order chi connectivity index (χ1) is 9.02. The van der Waals surface area contributed by atoms with Gasteiger partial charge in [-0.05, 0) is 72.9 Å². The quantitative estimate of drug-likeness (QED) is 0.697. The highest BCUT2D eigenvalue weighted by Crippen LogP contribution is 2.31. The monoisotopic (exact) mass is 448 g/mol. The summed E-state index contributed by atoms with van der Waals surface area (Å²) in [6.07, 6.45) is 1.89. The second kappa shape index (κ2) is 6.24. The molecule has 0 fully saturated rings. The molecular formula is C13H11Br3N2O. The fourth-order valence-corrected chi connectivity index (χ4v) is 3.38. The summed E-state index contributed by atoms with van der Waals surface area (Å²) >= 11 is 10.2. The van der Waals surface area contributed by atoms with Gasteiger partial charge in [0.15, 0.2) is 0 Å². The normalized spacial score (nSPS) is 10.5. The molecule has 0 unspecified atom stereocenters. The van der Waals surface area contributed by atoms with Crippen molar-refractivity contribution in [2.24, 2.45) is 0 Å². The van der Waals surface area contributed by atoms with E-state index in [0.29, 0.717) is 5.69 Å². The van der Waals surface area contributed by atoms with Crippen LogP contribution in [0, 0.1) is 0 Å². The number of hydrogen-bond acceptors (Lipinski definition) is 1. The van der Waals surface area contributed by atoms with Crippen LogP contribution in [0.2, 0.25) is 0 Å². The predicted octanol–water partition coefficient (Wildman–Crippen LogP) is 5.05. The van der Waals surface area contributed by atoms with E-state index in [9.17, 15) is 4.79 Å². The molecule has 0 aliphatic carbocycles. The molecule has 19 heavy (non-hydrogen) atoms. The van der Waals surface area contributed by atoms with E-state index in [1.54, 1.807) is 0 Å². The lowest BCUT2D eigenvalue weighted by molar-refractivity contribution is 0.101. The molecule has 0 spiro atoms. The molecular weight excluding hydrogens is 440 g/mol. The summed E-state index contributed by atoms with van der Waals surface area (Å²) in [7, 11) is 0. The molecule has 1 heterocycles. The number of aromatic nitrogens is 1. The molecule has 1 aromatic heterocycles. The molecule has 1 N–H and O–H groups in total. The minimum Gasteiger partial charge on any atom is -0.343 e. The molecule has 100 valence electrons. The Bertz CT molecular complexity index is 602. The van der Waals surface area contributed by atoms with Crippen LogP contribution < -0.4 is 5.32 Å². The molecule has 0 atom stereocenters. The van der Waals surface area contributed by atoms with E-state index < -0.39 is 0 Å². The summed E-state index contributed by atoms with van der Waals surface area (Å²) in [6.45, 7) is 2.74. The molecule has 0 radical (unpaired) electrons.